The molecule has 1 fully saturated rings. The number of hydrogen-bond acceptors (Lipinski definition) is 4. The number of carbonyl (C=O) groups excluding carboxylic acids is 1. The average Bonchev–Trinajstić information content (AvgIpc) is 3.05. The molecule has 0 saturated carbocycles. The van der Waals surface area contributed by atoms with E-state index < -0.39 is 5.97 Å². The molecule has 1 amide bonds. The van der Waals surface area contributed by atoms with Gasteiger partial charge in [-0.3, -0.25) is 19.2 Å². The normalized spacial score (nSPS) is 17.5. The molecule has 31 heavy (non-hydrogen) atoms. The molecule has 0 atom stereocenters. The van der Waals surface area contributed by atoms with E-state index in [9.17, 15) is 14.0 Å². The van der Waals surface area contributed by atoms with Crippen molar-refractivity contribution in [2.24, 2.45) is 5.92 Å². The molecule has 1 saturated heterocycles. The monoisotopic (exact) mass is 428 g/mol. The number of fused-ring (bicyclic) bond motifs is 1. The summed E-state index contributed by atoms with van der Waals surface area (Å²) < 4.78 is 15.2. The second-order valence-corrected chi connectivity index (χ2v) is 8.68. The third-order valence-corrected chi connectivity index (χ3v) is 6.47. The number of amides is 1. The van der Waals surface area contributed by atoms with E-state index in [4.69, 9.17) is 5.11 Å². The Labute approximate surface area is 181 Å². The first-order chi connectivity index (χ1) is 14.9. The van der Waals surface area contributed by atoms with Crippen LogP contribution in [0.15, 0.2) is 24.3 Å². The van der Waals surface area contributed by atoms with Crippen molar-refractivity contribution in [3.05, 3.63) is 52.6 Å². The van der Waals surface area contributed by atoms with E-state index in [2.05, 4.69) is 10.00 Å². The fraction of sp³-hybridized carbons (Fsp3) is 0.522. The van der Waals surface area contributed by atoms with Gasteiger partial charge in [0.2, 0.25) is 5.91 Å². The minimum atomic E-state index is -0.744. The lowest BCUT2D eigenvalue weighted by Crippen LogP contribution is -2.45. The highest BCUT2D eigenvalue weighted by atomic mass is 19.1. The van der Waals surface area contributed by atoms with Gasteiger partial charge in [-0.05, 0) is 68.5 Å². The van der Waals surface area contributed by atoms with Gasteiger partial charge in [-0.15, -0.1) is 0 Å². The minimum absolute atomic E-state index is 0.106. The second kappa shape index (κ2) is 9.18. The molecule has 1 aromatic carbocycles. The second-order valence-electron chi connectivity index (χ2n) is 8.68. The molecule has 0 spiro atoms. The number of carbonyl (C=O) groups is 2. The van der Waals surface area contributed by atoms with Gasteiger partial charge in [-0.25, -0.2) is 4.39 Å². The van der Waals surface area contributed by atoms with Crippen molar-refractivity contribution in [3.8, 4) is 0 Å². The SMILES string of the molecule is Cc1nn(Cc2ccc(F)cc2)c2c1CCN(C(=O)CN1CCC(CC(=O)O)CC1)C2. The van der Waals surface area contributed by atoms with E-state index in [1.165, 1.54) is 17.7 Å². The quantitative estimate of drug-likeness (QED) is 0.765. The summed E-state index contributed by atoms with van der Waals surface area (Å²) in [4.78, 5) is 27.9. The van der Waals surface area contributed by atoms with Gasteiger partial charge >= 0.3 is 5.97 Å². The number of carboxylic acid groups (broad SMARTS) is 1. The summed E-state index contributed by atoms with van der Waals surface area (Å²) in [5, 5.41) is 13.6. The number of rotatable bonds is 6. The summed E-state index contributed by atoms with van der Waals surface area (Å²) in [5.74, 6) is -0.683. The summed E-state index contributed by atoms with van der Waals surface area (Å²) in [7, 11) is 0. The Hall–Kier alpha value is -2.74. The van der Waals surface area contributed by atoms with E-state index in [-0.39, 0.29) is 24.1 Å². The molecule has 2 aromatic rings. The third-order valence-electron chi connectivity index (χ3n) is 6.47. The predicted molar refractivity (Wildman–Crippen MR) is 113 cm³/mol. The van der Waals surface area contributed by atoms with Crippen LogP contribution in [0.3, 0.4) is 0 Å². The maximum atomic E-state index is 13.2. The number of nitrogens with zero attached hydrogens (tertiary/aromatic N) is 4. The molecular formula is C23H29FN4O3. The van der Waals surface area contributed by atoms with E-state index in [1.807, 2.05) is 16.5 Å². The van der Waals surface area contributed by atoms with Crippen LogP contribution in [-0.4, -0.2) is 62.7 Å². The highest BCUT2D eigenvalue weighted by molar-refractivity contribution is 5.78. The Morgan fingerprint density at radius 2 is 1.87 bits per heavy atom. The molecule has 0 aliphatic carbocycles. The Balaban J connectivity index is 1.37. The summed E-state index contributed by atoms with van der Waals surface area (Å²) >= 11 is 0. The maximum absolute atomic E-state index is 13.2. The molecule has 0 bridgehead atoms. The van der Waals surface area contributed by atoms with Crippen LogP contribution >= 0.6 is 0 Å². The zero-order chi connectivity index (χ0) is 22.0. The molecular weight excluding hydrogens is 399 g/mol. The van der Waals surface area contributed by atoms with E-state index in [0.29, 0.717) is 26.2 Å². The smallest absolute Gasteiger partial charge is 0.303 e. The molecule has 1 N–H and O–H groups in total. The highest BCUT2D eigenvalue weighted by Gasteiger charge is 2.28. The number of benzene rings is 1. The Kier molecular flexibility index (Phi) is 6.36. The Morgan fingerprint density at radius 3 is 2.55 bits per heavy atom. The third kappa shape index (κ3) is 5.12. The zero-order valence-corrected chi connectivity index (χ0v) is 17.9. The minimum Gasteiger partial charge on any atom is -0.481 e. The molecule has 2 aliphatic rings. The molecule has 166 valence electrons. The molecule has 1 aromatic heterocycles. The van der Waals surface area contributed by atoms with Crippen molar-refractivity contribution >= 4 is 11.9 Å². The Morgan fingerprint density at radius 1 is 1.16 bits per heavy atom. The van der Waals surface area contributed by atoms with Crippen LogP contribution in [0.4, 0.5) is 4.39 Å². The van der Waals surface area contributed by atoms with Gasteiger partial charge in [-0.2, -0.15) is 5.10 Å². The zero-order valence-electron chi connectivity index (χ0n) is 17.9. The van der Waals surface area contributed by atoms with Gasteiger partial charge < -0.3 is 10.0 Å². The van der Waals surface area contributed by atoms with Crippen LogP contribution in [0.2, 0.25) is 0 Å². The van der Waals surface area contributed by atoms with Gasteiger partial charge in [0.15, 0.2) is 0 Å². The lowest BCUT2D eigenvalue weighted by Gasteiger charge is -2.34. The maximum Gasteiger partial charge on any atom is 0.303 e. The van der Waals surface area contributed by atoms with Gasteiger partial charge in [0.1, 0.15) is 5.82 Å². The van der Waals surface area contributed by atoms with Crippen LogP contribution in [-0.2, 0) is 29.1 Å². The number of hydrogen-bond donors (Lipinski definition) is 1. The molecule has 0 radical (unpaired) electrons. The van der Waals surface area contributed by atoms with Crippen molar-refractivity contribution in [1.82, 2.24) is 19.6 Å². The highest BCUT2D eigenvalue weighted by Crippen LogP contribution is 2.24. The first-order valence-corrected chi connectivity index (χ1v) is 10.9. The van der Waals surface area contributed by atoms with Crippen LogP contribution in [0, 0.1) is 18.7 Å². The summed E-state index contributed by atoms with van der Waals surface area (Å²) in [6, 6.07) is 6.43. The van der Waals surface area contributed by atoms with Gasteiger partial charge in [0.05, 0.1) is 31.0 Å². The fourth-order valence-electron chi connectivity index (χ4n) is 4.67. The molecule has 2 aliphatic heterocycles. The first kappa shape index (κ1) is 21.5. The summed E-state index contributed by atoms with van der Waals surface area (Å²) in [6.07, 6.45) is 2.66. The van der Waals surface area contributed by atoms with E-state index in [1.54, 1.807) is 12.1 Å². The topological polar surface area (TPSA) is 78.7 Å². The van der Waals surface area contributed by atoms with E-state index in [0.717, 1.165) is 49.3 Å². The largest absolute Gasteiger partial charge is 0.481 e. The first-order valence-electron chi connectivity index (χ1n) is 10.9. The number of aryl methyl sites for hydroxylation is 1. The van der Waals surface area contributed by atoms with Crippen molar-refractivity contribution in [1.29, 1.82) is 0 Å². The Bertz CT molecular complexity index is 948. The fourth-order valence-corrected chi connectivity index (χ4v) is 4.67. The predicted octanol–water partition coefficient (Wildman–Crippen LogP) is 2.45. The van der Waals surface area contributed by atoms with Crippen LogP contribution in [0.25, 0.3) is 0 Å². The van der Waals surface area contributed by atoms with Crippen molar-refractivity contribution in [2.45, 2.75) is 45.7 Å². The standard InChI is InChI=1S/C23H29FN4O3/c1-16-20-8-11-27(22(29)15-26-9-6-17(7-10-26)12-23(30)31)14-21(20)28(25-16)13-18-2-4-19(24)5-3-18/h2-5,17H,6-15H2,1H3,(H,30,31). The summed E-state index contributed by atoms with van der Waals surface area (Å²) in [6.45, 7) is 5.68. The van der Waals surface area contributed by atoms with Gasteiger partial charge in [-0.1, -0.05) is 12.1 Å². The number of halogens is 1. The molecule has 4 rings (SSSR count). The lowest BCUT2D eigenvalue weighted by molar-refractivity contribution is -0.139. The molecule has 8 heteroatoms. The summed E-state index contributed by atoms with van der Waals surface area (Å²) in [5.41, 5.74) is 4.23. The number of carboxylic acids is 1. The lowest BCUT2D eigenvalue weighted by atomic mass is 9.93. The molecule has 7 nitrogen and oxygen atoms in total. The van der Waals surface area contributed by atoms with Crippen molar-refractivity contribution in [3.63, 3.8) is 0 Å². The van der Waals surface area contributed by atoms with Gasteiger partial charge in [0.25, 0.3) is 0 Å². The van der Waals surface area contributed by atoms with Crippen molar-refractivity contribution in [2.75, 3.05) is 26.2 Å². The van der Waals surface area contributed by atoms with Crippen molar-refractivity contribution < 1.29 is 19.1 Å². The van der Waals surface area contributed by atoms with E-state index >= 15 is 0 Å². The number of likely N-dealkylation sites (tertiary alicyclic amines) is 1. The molecule has 0 unspecified atom stereocenters. The van der Waals surface area contributed by atoms with Crippen LogP contribution in [0.1, 0.15) is 41.8 Å². The van der Waals surface area contributed by atoms with Crippen LogP contribution < -0.4 is 0 Å². The average molecular weight is 429 g/mol. The number of piperidine rings is 1. The number of aliphatic carboxylic acids is 1. The van der Waals surface area contributed by atoms with Gasteiger partial charge in [0, 0.05) is 13.0 Å². The van der Waals surface area contributed by atoms with Crippen LogP contribution in [0.5, 0.6) is 0 Å². The number of aromatic nitrogens is 2. The molecule has 3 heterocycles.